The zero-order valence-corrected chi connectivity index (χ0v) is 51.3. The molecule has 76 heavy (non-hydrogen) atoms. The number of allylic oxidation sites excluding steroid dienone is 6. The van der Waals surface area contributed by atoms with Crippen LogP contribution in [0.1, 0.15) is 373 Å². The van der Waals surface area contributed by atoms with E-state index >= 15 is 0 Å². The zero-order valence-electron chi connectivity index (χ0n) is 51.3. The third kappa shape index (κ3) is 61.3. The Hall–Kier alpha value is -1.92. The number of carbonyl (C=O) groups excluding carboxylic acids is 2. The third-order valence-electron chi connectivity index (χ3n) is 15.9. The molecule has 0 fully saturated rings. The summed E-state index contributed by atoms with van der Waals surface area (Å²) >= 11 is 0. The Kier molecular flexibility index (Phi) is 63.9. The monoisotopic (exact) mass is 1070 g/mol. The number of nitrogens with one attached hydrogen (secondary N) is 1. The third-order valence-corrected chi connectivity index (χ3v) is 15.9. The van der Waals surface area contributed by atoms with Gasteiger partial charge in [-0.1, -0.05) is 314 Å². The Labute approximate surface area is 474 Å². The van der Waals surface area contributed by atoms with Gasteiger partial charge in [0.15, 0.2) is 0 Å². The fourth-order valence-electron chi connectivity index (χ4n) is 10.7. The first-order chi connectivity index (χ1) is 37.5. The summed E-state index contributed by atoms with van der Waals surface area (Å²) < 4.78 is 5.50. The highest BCUT2D eigenvalue weighted by Crippen LogP contribution is 2.18. The van der Waals surface area contributed by atoms with E-state index in [2.05, 4.69) is 55.6 Å². The van der Waals surface area contributed by atoms with Gasteiger partial charge in [-0.3, -0.25) is 9.59 Å². The van der Waals surface area contributed by atoms with Crippen molar-refractivity contribution in [3.8, 4) is 0 Å². The van der Waals surface area contributed by atoms with Gasteiger partial charge in [0.2, 0.25) is 5.91 Å². The van der Waals surface area contributed by atoms with Crippen molar-refractivity contribution in [1.82, 2.24) is 5.32 Å². The number of carbonyl (C=O) groups is 2. The van der Waals surface area contributed by atoms with Crippen molar-refractivity contribution in [3.05, 3.63) is 36.5 Å². The smallest absolute Gasteiger partial charge is 0.305 e. The number of hydrogen-bond donors (Lipinski definition) is 3. The predicted octanol–water partition coefficient (Wildman–Crippen LogP) is 21.9. The number of unbranched alkanes of at least 4 members (excludes halogenated alkanes) is 47. The lowest BCUT2D eigenvalue weighted by Gasteiger charge is -2.22. The molecule has 0 saturated heterocycles. The first kappa shape index (κ1) is 74.1. The van der Waals surface area contributed by atoms with Crippen molar-refractivity contribution < 1.29 is 24.5 Å². The molecule has 6 nitrogen and oxygen atoms in total. The second kappa shape index (κ2) is 65.6. The first-order valence-electron chi connectivity index (χ1n) is 34.2. The van der Waals surface area contributed by atoms with Gasteiger partial charge in [-0.2, -0.15) is 0 Å². The summed E-state index contributed by atoms with van der Waals surface area (Å²) in [5.74, 6) is -0.0228. The lowest BCUT2D eigenvalue weighted by atomic mass is 10.0. The van der Waals surface area contributed by atoms with Gasteiger partial charge in [0.05, 0.1) is 25.4 Å². The predicted molar refractivity (Wildman–Crippen MR) is 333 cm³/mol. The average Bonchev–Trinajstić information content (AvgIpc) is 3.42. The minimum Gasteiger partial charge on any atom is -0.466 e. The Bertz CT molecular complexity index is 1230. The van der Waals surface area contributed by atoms with Crippen LogP contribution in [-0.4, -0.2) is 47.4 Å². The van der Waals surface area contributed by atoms with Gasteiger partial charge >= 0.3 is 5.97 Å². The molecule has 0 aromatic carbocycles. The van der Waals surface area contributed by atoms with Crippen molar-refractivity contribution in [2.75, 3.05) is 13.2 Å². The van der Waals surface area contributed by atoms with Crippen molar-refractivity contribution in [3.63, 3.8) is 0 Å². The van der Waals surface area contributed by atoms with Gasteiger partial charge in [-0.25, -0.2) is 0 Å². The quantitative estimate of drug-likeness (QED) is 0.0320. The molecule has 0 rings (SSSR count). The number of ether oxygens (including phenoxy) is 1. The summed E-state index contributed by atoms with van der Waals surface area (Å²) in [6.45, 7) is 4.95. The maximum Gasteiger partial charge on any atom is 0.305 e. The normalized spacial score (nSPS) is 12.7. The van der Waals surface area contributed by atoms with Crippen molar-refractivity contribution in [2.45, 2.75) is 386 Å². The van der Waals surface area contributed by atoms with Crippen LogP contribution in [0.15, 0.2) is 36.5 Å². The van der Waals surface area contributed by atoms with Crippen LogP contribution >= 0.6 is 0 Å². The molecular weight excluding hydrogens is 935 g/mol. The van der Waals surface area contributed by atoms with E-state index in [-0.39, 0.29) is 18.5 Å². The highest BCUT2D eigenvalue weighted by Gasteiger charge is 2.20. The van der Waals surface area contributed by atoms with Crippen molar-refractivity contribution in [2.24, 2.45) is 0 Å². The molecule has 2 atom stereocenters. The average molecular weight is 1070 g/mol. The highest BCUT2D eigenvalue weighted by atomic mass is 16.5. The number of amides is 1. The second-order valence-corrected chi connectivity index (χ2v) is 23.5. The van der Waals surface area contributed by atoms with Crippen LogP contribution in [0.3, 0.4) is 0 Å². The first-order valence-corrected chi connectivity index (χ1v) is 34.2. The molecular formula is C70H133NO5. The Morgan fingerprint density at radius 2 is 0.658 bits per heavy atom. The summed E-state index contributed by atoms with van der Waals surface area (Å²) in [5, 5.41) is 23.3. The number of rotatable bonds is 64. The van der Waals surface area contributed by atoms with E-state index < -0.39 is 12.1 Å². The van der Waals surface area contributed by atoms with Gasteiger partial charge in [0.25, 0.3) is 0 Å². The summed E-state index contributed by atoms with van der Waals surface area (Å²) in [6, 6.07) is -0.541. The Morgan fingerprint density at radius 1 is 0.368 bits per heavy atom. The maximum absolute atomic E-state index is 12.5. The molecule has 0 aliphatic carbocycles. The molecule has 0 aliphatic rings. The van der Waals surface area contributed by atoms with E-state index in [0.29, 0.717) is 25.9 Å². The topological polar surface area (TPSA) is 95.9 Å². The van der Waals surface area contributed by atoms with Gasteiger partial charge in [0.1, 0.15) is 0 Å². The van der Waals surface area contributed by atoms with Crippen LogP contribution in [0, 0.1) is 0 Å². The van der Waals surface area contributed by atoms with Crippen LogP contribution in [0.2, 0.25) is 0 Å². The van der Waals surface area contributed by atoms with E-state index in [4.69, 9.17) is 4.74 Å². The Balaban J connectivity index is 3.36. The van der Waals surface area contributed by atoms with Crippen LogP contribution in [0.25, 0.3) is 0 Å². The largest absolute Gasteiger partial charge is 0.466 e. The summed E-state index contributed by atoms with van der Waals surface area (Å²) in [4.78, 5) is 24.6. The van der Waals surface area contributed by atoms with Gasteiger partial charge in [-0.05, 0) is 83.5 Å². The molecule has 0 saturated carbocycles. The highest BCUT2D eigenvalue weighted by molar-refractivity contribution is 5.76. The standard InChI is InChI=1S/C70H133NO5/c1-3-5-7-9-11-13-15-17-18-19-29-33-36-40-44-48-52-56-60-64-70(75)76-65-61-57-53-49-45-41-37-34-31-28-26-24-22-20-21-23-25-27-30-32-35-39-43-47-51-55-59-63-69(74)71-67(66-72)68(73)62-58-54-50-46-42-38-16-14-12-10-8-6-4-2/h11,13,17-18,20-21,67-68,72-73H,3-10,12,14-16,19,22-66H2,1-2H3,(H,71,74)/b13-11-,18-17-,21-20-. The van der Waals surface area contributed by atoms with Crippen molar-refractivity contribution in [1.29, 1.82) is 0 Å². The van der Waals surface area contributed by atoms with E-state index in [1.807, 2.05) is 0 Å². The molecule has 0 aromatic rings. The van der Waals surface area contributed by atoms with Crippen LogP contribution in [0.5, 0.6) is 0 Å². The number of aliphatic hydroxyl groups is 2. The second-order valence-electron chi connectivity index (χ2n) is 23.5. The number of esters is 1. The minimum atomic E-state index is -0.664. The van der Waals surface area contributed by atoms with E-state index in [1.165, 1.54) is 289 Å². The van der Waals surface area contributed by atoms with Crippen LogP contribution < -0.4 is 5.32 Å². The molecule has 0 spiro atoms. The van der Waals surface area contributed by atoms with E-state index in [0.717, 1.165) is 51.4 Å². The fraction of sp³-hybridized carbons (Fsp3) is 0.886. The molecule has 0 aromatic heterocycles. The summed E-state index contributed by atoms with van der Waals surface area (Å²) in [5.41, 5.74) is 0. The summed E-state index contributed by atoms with van der Waals surface area (Å²) in [7, 11) is 0. The lowest BCUT2D eigenvalue weighted by Crippen LogP contribution is -2.45. The van der Waals surface area contributed by atoms with Gasteiger partial charge < -0.3 is 20.3 Å². The maximum atomic E-state index is 12.5. The SMILES string of the molecule is CCCCC/C=C\C/C=C\CCCCCCCCCCCC(=O)OCCCCCCCCCCCCCC/C=C\CCCCCCCCCCCCCC(=O)NC(CO)C(O)CCCCCCCCCCCCCCC. The van der Waals surface area contributed by atoms with E-state index in [1.54, 1.807) is 0 Å². The van der Waals surface area contributed by atoms with E-state index in [9.17, 15) is 19.8 Å². The summed E-state index contributed by atoms with van der Waals surface area (Å²) in [6.07, 6.45) is 83.3. The number of hydrogen-bond acceptors (Lipinski definition) is 5. The zero-order chi connectivity index (χ0) is 55.0. The molecule has 448 valence electrons. The van der Waals surface area contributed by atoms with Crippen LogP contribution in [0.4, 0.5) is 0 Å². The molecule has 0 bridgehead atoms. The molecule has 1 amide bonds. The minimum absolute atomic E-state index is 0.0117. The lowest BCUT2D eigenvalue weighted by molar-refractivity contribution is -0.143. The molecule has 2 unspecified atom stereocenters. The van der Waals surface area contributed by atoms with Crippen molar-refractivity contribution >= 4 is 11.9 Å². The molecule has 3 N–H and O–H groups in total. The molecule has 0 heterocycles. The fourth-order valence-corrected chi connectivity index (χ4v) is 10.7. The molecule has 6 heteroatoms. The molecule has 0 radical (unpaired) electrons. The van der Waals surface area contributed by atoms with Crippen LogP contribution in [-0.2, 0) is 14.3 Å². The van der Waals surface area contributed by atoms with Gasteiger partial charge in [0, 0.05) is 12.8 Å². The van der Waals surface area contributed by atoms with Gasteiger partial charge in [-0.15, -0.1) is 0 Å². The Morgan fingerprint density at radius 3 is 1.04 bits per heavy atom. The number of aliphatic hydroxyl groups excluding tert-OH is 2. The molecule has 0 aliphatic heterocycles.